The van der Waals surface area contributed by atoms with Crippen LogP contribution in [-0.4, -0.2) is 58.6 Å². The van der Waals surface area contributed by atoms with Gasteiger partial charge in [0, 0.05) is 24.7 Å². The fourth-order valence-corrected chi connectivity index (χ4v) is 4.49. The van der Waals surface area contributed by atoms with E-state index >= 15 is 0 Å². The van der Waals surface area contributed by atoms with Gasteiger partial charge in [-0.15, -0.1) is 0 Å². The first-order valence-corrected chi connectivity index (χ1v) is 12.1. The topological polar surface area (TPSA) is 119 Å². The third kappa shape index (κ3) is 7.04. The van der Waals surface area contributed by atoms with E-state index in [9.17, 15) is 19.5 Å². The zero-order valence-corrected chi connectivity index (χ0v) is 20.6. The van der Waals surface area contributed by atoms with Gasteiger partial charge in [-0.05, 0) is 61.6 Å². The van der Waals surface area contributed by atoms with Crippen LogP contribution in [-0.2, 0) is 33.0 Å². The van der Waals surface area contributed by atoms with E-state index in [0.29, 0.717) is 49.5 Å². The molecule has 8 nitrogen and oxygen atoms in total. The number of carbonyl (C=O) groups is 3. The second-order valence-corrected chi connectivity index (χ2v) is 9.31. The Kier molecular flexibility index (Phi) is 9.26. The molecule has 188 valence electrons. The third-order valence-corrected chi connectivity index (χ3v) is 6.51. The first kappa shape index (κ1) is 26.7. The summed E-state index contributed by atoms with van der Waals surface area (Å²) < 4.78 is 0. The third-order valence-electron chi connectivity index (χ3n) is 6.28. The summed E-state index contributed by atoms with van der Waals surface area (Å²) in [5.74, 6) is -1.61. The van der Waals surface area contributed by atoms with E-state index < -0.39 is 23.5 Å². The first-order chi connectivity index (χ1) is 16.7. The summed E-state index contributed by atoms with van der Waals surface area (Å²) in [5, 5.41) is 26.3. The number of hydrogen-bond acceptors (Lipinski definition) is 5. The van der Waals surface area contributed by atoms with Crippen LogP contribution in [0.4, 0.5) is 0 Å². The molecular formula is C26H32ClN3O5. The molecule has 2 aromatic rings. The number of carboxylic acids is 1. The minimum absolute atomic E-state index is 0.0529. The lowest BCUT2D eigenvalue weighted by atomic mass is 9.94. The van der Waals surface area contributed by atoms with Crippen LogP contribution in [0.3, 0.4) is 0 Å². The lowest BCUT2D eigenvalue weighted by Gasteiger charge is -2.32. The van der Waals surface area contributed by atoms with Crippen LogP contribution in [0.25, 0.3) is 0 Å². The Bertz CT molecular complexity index is 1040. The lowest BCUT2D eigenvalue weighted by Crippen LogP contribution is -2.52. The average molecular weight is 502 g/mol. The molecule has 1 fully saturated rings. The van der Waals surface area contributed by atoms with Gasteiger partial charge in [-0.3, -0.25) is 14.4 Å². The van der Waals surface area contributed by atoms with Crippen molar-refractivity contribution in [2.75, 3.05) is 19.6 Å². The van der Waals surface area contributed by atoms with Crippen molar-refractivity contribution in [2.24, 2.45) is 0 Å². The Labute approximate surface area is 210 Å². The molecule has 0 spiro atoms. The molecule has 0 aromatic heterocycles. The zero-order chi connectivity index (χ0) is 25.4. The first-order valence-electron chi connectivity index (χ1n) is 11.8. The number of carboxylic acid groups (broad SMARTS) is 1. The number of nitrogens with one attached hydrogen (secondary N) is 2. The van der Waals surface area contributed by atoms with E-state index in [0.717, 1.165) is 11.1 Å². The molecule has 3 rings (SSSR count). The van der Waals surface area contributed by atoms with E-state index in [1.807, 2.05) is 12.1 Å². The highest BCUT2D eigenvalue weighted by Crippen LogP contribution is 2.28. The van der Waals surface area contributed by atoms with Crippen LogP contribution in [0, 0.1) is 0 Å². The smallest absolute Gasteiger partial charge is 0.304 e. The maximum absolute atomic E-state index is 13.2. The molecule has 0 unspecified atom stereocenters. The van der Waals surface area contributed by atoms with Crippen LogP contribution in [0.2, 0.25) is 5.02 Å². The quantitative estimate of drug-likeness (QED) is 0.351. The van der Waals surface area contributed by atoms with Crippen LogP contribution in [0.15, 0.2) is 48.5 Å². The molecule has 0 radical (unpaired) electrons. The van der Waals surface area contributed by atoms with E-state index in [1.165, 1.54) is 11.8 Å². The predicted molar refractivity (Wildman–Crippen MR) is 133 cm³/mol. The van der Waals surface area contributed by atoms with E-state index in [1.54, 1.807) is 36.4 Å². The monoisotopic (exact) mass is 501 g/mol. The highest BCUT2D eigenvalue weighted by Gasteiger charge is 2.42. The summed E-state index contributed by atoms with van der Waals surface area (Å²) in [5.41, 5.74) is 0.608. The van der Waals surface area contributed by atoms with Gasteiger partial charge in [0.15, 0.2) is 5.60 Å². The van der Waals surface area contributed by atoms with Gasteiger partial charge in [-0.1, -0.05) is 48.0 Å². The van der Waals surface area contributed by atoms with Crippen molar-refractivity contribution in [3.8, 4) is 0 Å². The molecule has 1 aliphatic rings. The van der Waals surface area contributed by atoms with Crippen LogP contribution >= 0.6 is 11.6 Å². The summed E-state index contributed by atoms with van der Waals surface area (Å²) >= 11 is 6.18. The summed E-state index contributed by atoms with van der Waals surface area (Å²) in [7, 11) is 0. The lowest BCUT2D eigenvalue weighted by molar-refractivity contribution is -0.154. The number of likely N-dealkylation sites (tertiary alicyclic amines) is 1. The second-order valence-electron chi connectivity index (χ2n) is 8.87. The molecule has 1 heterocycles. The largest absolute Gasteiger partial charge is 0.481 e. The highest BCUT2D eigenvalue weighted by atomic mass is 35.5. The van der Waals surface area contributed by atoms with Crippen molar-refractivity contribution in [3.63, 3.8) is 0 Å². The van der Waals surface area contributed by atoms with Gasteiger partial charge in [0.2, 0.25) is 5.91 Å². The summed E-state index contributed by atoms with van der Waals surface area (Å²) in [6, 6.07) is 13.5. The average Bonchev–Trinajstić information content (AvgIpc) is 3.33. The van der Waals surface area contributed by atoms with Crippen molar-refractivity contribution >= 4 is 29.4 Å². The number of nitrogens with zero attached hydrogens (tertiary/aromatic N) is 1. The molecule has 0 aliphatic carbocycles. The van der Waals surface area contributed by atoms with Crippen LogP contribution < -0.4 is 10.6 Å². The summed E-state index contributed by atoms with van der Waals surface area (Å²) in [4.78, 5) is 38.4. The Balaban J connectivity index is 1.62. The highest BCUT2D eigenvalue weighted by molar-refractivity contribution is 6.30. The van der Waals surface area contributed by atoms with Gasteiger partial charge >= 0.3 is 5.97 Å². The van der Waals surface area contributed by atoms with E-state index in [2.05, 4.69) is 10.6 Å². The number of halogens is 1. The maximum atomic E-state index is 13.2. The molecule has 1 aliphatic heterocycles. The van der Waals surface area contributed by atoms with Crippen molar-refractivity contribution in [1.82, 2.24) is 15.5 Å². The molecule has 9 heteroatoms. The molecule has 2 aromatic carbocycles. The number of aliphatic hydroxyl groups is 1. The number of aliphatic carboxylic acids is 1. The number of amides is 2. The number of benzene rings is 2. The molecule has 2 amide bonds. The normalized spacial score (nSPS) is 17.1. The number of hydrogen-bond donors (Lipinski definition) is 4. The number of carbonyl (C=O) groups excluding carboxylic acids is 2. The zero-order valence-electron chi connectivity index (χ0n) is 19.8. The van der Waals surface area contributed by atoms with Gasteiger partial charge < -0.3 is 25.7 Å². The summed E-state index contributed by atoms with van der Waals surface area (Å²) in [6.07, 6.45) is 1.91. The van der Waals surface area contributed by atoms with Gasteiger partial charge in [-0.2, -0.15) is 0 Å². The Morgan fingerprint density at radius 1 is 1.11 bits per heavy atom. The Morgan fingerprint density at radius 3 is 2.57 bits per heavy atom. The Hall–Kier alpha value is -2.94. The minimum atomic E-state index is -1.72. The maximum Gasteiger partial charge on any atom is 0.304 e. The molecule has 2 atom stereocenters. The van der Waals surface area contributed by atoms with Crippen molar-refractivity contribution in [1.29, 1.82) is 0 Å². The predicted octanol–water partition coefficient (Wildman–Crippen LogP) is 2.46. The number of rotatable bonds is 11. The SMILES string of the molecule is C[C@](O)(C(=O)N1CCC[C@H]1C(=O)NCc1cc(Cl)ccc1CCNCCC(=O)O)c1ccccc1. The molecule has 4 N–H and O–H groups in total. The Morgan fingerprint density at radius 2 is 1.86 bits per heavy atom. The van der Waals surface area contributed by atoms with Gasteiger partial charge in [-0.25, -0.2) is 0 Å². The standard InChI is InChI=1S/C26H32ClN3O5/c1-26(35,20-6-3-2-4-7-20)25(34)30-15-5-8-22(30)24(33)29-17-19-16-21(27)10-9-18(19)11-13-28-14-12-23(31)32/h2-4,6-7,9-10,16,22,28,35H,5,8,11-15,17H2,1H3,(H,29,33)(H,31,32)/t22-,26+/m0/s1. The second kappa shape index (κ2) is 12.2. The molecule has 35 heavy (non-hydrogen) atoms. The van der Waals surface area contributed by atoms with Crippen LogP contribution in [0.1, 0.15) is 42.9 Å². The minimum Gasteiger partial charge on any atom is -0.481 e. The molecule has 1 saturated heterocycles. The van der Waals surface area contributed by atoms with Crippen molar-refractivity contribution < 1.29 is 24.6 Å². The summed E-state index contributed by atoms with van der Waals surface area (Å²) in [6.45, 7) is 3.09. The molecule has 0 saturated carbocycles. The van der Waals surface area contributed by atoms with Gasteiger partial charge in [0.05, 0.1) is 6.42 Å². The van der Waals surface area contributed by atoms with E-state index in [4.69, 9.17) is 16.7 Å². The van der Waals surface area contributed by atoms with E-state index in [-0.39, 0.29) is 18.9 Å². The van der Waals surface area contributed by atoms with Crippen molar-refractivity contribution in [2.45, 2.75) is 50.8 Å². The van der Waals surface area contributed by atoms with Crippen LogP contribution in [0.5, 0.6) is 0 Å². The van der Waals surface area contributed by atoms with Crippen molar-refractivity contribution in [3.05, 3.63) is 70.2 Å². The van der Waals surface area contributed by atoms with Gasteiger partial charge in [0.25, 0.3) is 5.91 Å². The molecule has 0 bridgehead atoms. The molecular weight excluding hydrogens is 470 g/mol. The van der Waals surface area contributed by atoms with Gasteiger partial charge in [0.1, 0.15) is 6.04 Å². The fraction of sp³-hybridized carbons (Fsp3) is 0.423. The fourth-order valence-electron chi connectivity index (χ4n) is 4.29.